The number of hydrogen-bond donors (Lipinski definition) is 0. The van der Waals surface area contributed by atoms with Gasteiger partial charge in [-0.05, 0) is 69.7 Å². The van der Waals surface area contributed by atoms with Crippen molar-refractivity contribution in [1.82, 2.24) is 0 Å². The molecule has 0 heterocycles. The van der Waals surface area contributed by atoms with Crippen molar-refractivity contribution in [2.45, 2.75) is 0 Å². The predicted octanol–water partition coefficient (Wildman–Crippen LogP) is 5.03. The van der Waals surface area contributed by atoms with E-state index in [-0.39, 0.29) is 22.5 Å². The minimum Gasteiger partial charge on any atom is -0.262 e. The van der Waals surface area contributed by atoms with Crippen LogP contribution in [-0.4, -0.2) is 21.9 Å². The molecule has 0 aromatic heterocycles. The van der Waals surface area contributed by atoms with Gasteiger partial charge in [0.1, 0.15) is 11.4 Å². The van der Waals surface area contributed by atoms with Gasteiger partial charge in [-0.2, -0.15) is 0 Å². The van der Waals surface area contributed by atoms with Crippen LogP contribution in [0.25, 0.3) is 11.1 Å². The van der Waals surface area contributed by atoms with Gasteiger partial charge in [-0.3, -0.25) is 9.59 Å². The first-order chi connectivity index (χ1) is 17.4. The average molecular weight is 482 g/mol. The van der Waals surface area contributed by atoms with Crippen molar-refractivity contribution in [2.24, 2.45) is 0 Å². The molecule has 0 saturated heterocycles. The summed E-state index contributed by atoms with van der Waals surface area (Å²) in [7, 11) is 0. The molecule has 0 aliphatic carbocycles. The van der Waals surface area contributed by atoms with Gasteiger partial charge in [0, 0.05) is 11.1 Å². The van der Waals surface area contributed by atoms with Crippen LogP contribution in [0.2, 0.25) is 0 Å². The van der Waals surface area contributed by atoms with Crippen molar-refractivity contribution in [2.75, 3.05) is 10.0 Å². The number of carbonyl (C=O) groups excluding carboxylic acids is 2. The molecule has 0 saturated carbocycles. The van der Waals surface area contributed by atoms with Crippen molar-refractivity contribution < 1.29 is 19.7 Å². The monoisotopic (exact) mass is 482 g/mol. The Morgan fingerprint density at radius 2 is 0.806 bits per heavy atom. The predicted molar refractivity (Wildman–Crippen MR) is 132 cm³/mol. The summed E-state index contributed by atoms with van der Waals surface area (Å²) in [6, 6.07) is 28.0. The molecular formula is C26H18N4O6. The lowest BCUT2D eigenvalue weighted by Gasteiger charge is -2.14. The fraction of sp³-hybridized carbons (Fsp3) is 0. The highest BCUT2D eigenvalue weighted by Crippen LogP contribution is 2.27. The zero-order chi connectivity index (χ0) is 25.7. The third kappa shape index (κ3) is 4.92. The number of benzene rings is 4. The van der Waals surface area contributed by atoms with Crippen molar-refractivity contribution in [3.05, 3.63) is 141 Å². The molecule has 0 fully saturated rings. The summed E-state index contributed by atoms with van der Waals surface area (Å²) in [5.74, 6) is -1.55. The molecule has 0 aliphatic rings. The van der Waals surface area contributed by atoms with Crippen LogP contribution in [0.3, 0.4) is 0 Å². The van der Waals surface area contributed by atoms with E-state index in [0.29, 0.717) is 21.1 Å². The Morgan fingerprint density at radius 3 is 1.08 bits per heavy atom. The molecule has 0 radical (unpaired) electrons. The highest BCUT2D eigenvalue weighted by atomic mass is 16.7. The van der Waals surface area contributed by atoms with Gasteiger partial charge in [0.05, 0.1) is 0 Å². The Labute approximate surface area is 204 Å². The topological polar surface area (TPSA) is 127 Å². The van der Waals surface area contributed by atoms with E-state index in [2.05, 4.69) is 0 Å². The first-order valence-electron chi connectivity index (χ1n) is 10.6. The normalized spacial score (nSPS) is 10.3. The molecule has 178 valence electrons. The van der Waals surface area contributed by atoms with Crippen LogP contribution in [0.4, 0.5) is 11.4 Å². The standard InChI is InChI=1S/C26H18N4O6/c31-25(21-7-3-1-4-8-21)27(29(33)34)23-15-11-19(12-16-23)20-13-17-24(18-14-20)28(30(35)36)26(32)22-9-5-2-6-10-22/h1-18H. The minimum absolute atomic E-state index is 0.0715. The lowest BCUT2D eigenvalue weighted by atomic mass is 10.0. The van der Waals surface area contributed by atoms with E-state index in [1.165, 1.54) is 48.5 Å². The molecule has 0 atom stereocenters. The molecule has 0 aliphatic heterocycles. The number of nitro groups is 2. The molecular weight excluding hydrogens is 464 g/mol. The smallest absolute Gasteiger partial charge is 0.262 e. The number of hydrogen-bond acceptors (Lipinski definition) is 6. The summed E-state index contributed by atoms with van der Waals surface area (Å²) in [4.78, 5) is 48.5. The fourth-order valence-corrected chi connectivity index (χ4v) is 3.57. The van der Waals surface area contributed by atoms with Crippen LogP contribution in [0.15, 0.2) is 109 Å². The van der Waals surface area contributed by atoms with Crippen LogP contribution in [-0.2, 0) is 0 Å². The lowest BCUT2D eigenvalue weighted by molar-refractivity contribution is -0.481. The average Bonchev–Trinajstić information content (AvgIpc) is 2.90. The Morgan fingerprint density at radius 1 is 0.500 bits per heavy atom. The van der Waals surface area contributed by atoms with Crippen molar-refractivity contribution in [1.29, 1.82) is 0 Å². The third-order valence-electron chi connectivity index (χ3n) is 5.31. The Hall–Kier alpha value is -5.38. The molecule has 0 N–H and O–H groups in total. The number of nitrogens with zero attached hydrogens (tertiary/aromatic N) is 4. The van der Waals surface area contributed by atoms with Gasteiger partial charge in [-0.25, -0.2) is 20.2 Å². The van der Waals surface area contributed by atoms with Crippen molar-refractivity contribution >= 4 is 23.2 Å². The van der Waals surface area contributed by atoms with Crippen molar-refractivity contribution in [3.63, 3.8) is 0 Å². The van der Waals surface area contributed by atoms with E-state index in [1.54, 1.807) is 60.7 Å². The third-order valence-corrected chi connectivity index (χ3v) is 5.31. The van der Waals surface area contributed by atoms with Gasteiger partial charge in [-0.1, -0.05) is 60.7 Å². The van der Waals surface area contributed by atoms with E-state index in [0.717, 1.165) is 0 Å². The summed E-state index contributed by atoms with van der Waals surface area (Å²) in [5.41, 5.74) is 1.80. The zero-order valence-corrected chi connectivity index (χ0v) is 18.6. The number of amides is 2. The minimum atomic E-state index is -0.783. The highest BCUT2D eigenvalue weighted by Gasteiger charge is 2.29. The second-order valence-electron chi connectivity index (χ2n) is 7.54. The molecule has 2 amide bonds. The number of rotatable bonds is 7. The van der Waals surface area contributed by atoms with Crippen LogP contribution in [0.5, 0.6) is 0 Å². The number of hydrazine groups is 2. The fourth-order valence-electron chi connectivity index (χ4n) is 3.57. The Kier molecular flexibility index (Phi) is 6.78. The van der Waals surface area contributed by atoms with Gasteiger partial charge in [0.15, 0.2) is 10.1 Å². The van der Waals surface area contributed by atoms with Crippen LogP contribution >= 0.6 is 0 Å². The second-order valence-corrected chi connectivity index (χ2v) is 7.54. The summed E-state index contributed by atoms with van der Waals surface area (Å²) in [6.45, 7) is 0. The highest BCUT2D eigenvalue weighted by molar-refractivity contribution is 6.05. The lowest BCUT2D eigenvalue weighted by Crippen LogP contribution is -2.36. The van der Waals surface area contributed by atoms with E-state index < -0.39 is 21.9 Å². The van der Waals surface area contributed by atoms with Gasteiger partial charge in [-0.15, -0.1) is 0 Å². The summed E-state index contributed by atoms with van der Waals surface area (Å²) in [6.07, 6.45) is 0. The van der Waals surface area contributed by atoms with Crippen LogP contribution < -0.4 is 10.0 Å². The molecule has 10 heteroatoms. The first-order valence-corrected chi connectivity index (χ1v) is 10.6. The van der Waals surface area contributed by atoms with E-state index in [9.17, 15) is 29.8 Å². The SMILES string of the molecule is O=C(c1ccccc1)N(c1ccc(-c2ccc(N(C(=O)c3ccccc3)[N+](=O)[O-])cc2)cc1)[N+](=O)[O-]. The molecule has 0 unspecified atom stereocenters. The first kappa shape index (κ1) is 23.8. The maximum absolute atomic E-state index is 12.7. The van der Waals surface area contributed by atoms with Gasteiger partial charge >= 0.3 is 11.8 Å². The molecule has 4 aromatic rings. The largest absolute Gasteiger partial charge is 0.319 e. The van der Waals surface area contributed by atoms with Gasteiger partial charge < -0.3 is 0 Å². The summed E-state index contributed by atoms with van der Waals surface area (Å²) >= 11 is 0. The maximum atomic E-state index is 12.7. The quantitative estimate of drug-likeness (QED) is 0.268. The van der Waals surface area contributed by atoms with E-state index >= 15 is 0 Å². The number of anilines is 2. The molecule has 0 bridgehead atoms. The molecule has 36 heavy (non-hydrogen) atoms. The Bertz CT molecular complexity index is 1300. The molecule has 4 rings (SSSR count). The van der Waals surface area contributed by atoms with E-state index in [4.69, 9.17) is 0 Å². The summed E-state index contributed by atoms with van der Waals surface area (Å²) in [5, 5.41) is 22.6. The van der Waals surface area contributed by atoms with Gasteiger partial charge in [0.2, 0.25) is 0 Å². The van der Waals surface area contributed by atoms with E-state index in [1.807, 2.05) is 0 Å². The van der Waals surface area contributed by atoms with Crippen LogP contribution in [0.1, 0.15) is 20.7 Å². The van der Waals surface area contributed by atoms with Crippen molar-refractivity contribution in [3.8, 4) is 11.1 Å². The molecule has 10 nitrogen and oxygen atoms in total. The Balaban J connectivity index is 1.57. The van der Waals surface area contributed by atoms with Crippen LogP contribution in [0, 0.1) is 20.2 Å². The molecule has 0 spiro atoms. The molecule has 4 aromatic carbocycles. The summed E-state index contributed by atoms with van der Waals surface area (Å²) < 4.78 is 0. The maximum Gasteiger partial charge on any atom is 0.319 e. The number of carbonyl (C=O) groups is 2. The van der Waals surface area contributed by atoms with Gasteiger partial charge in [0.25, 0.3) is 0 Å². The zero-order valence-electron chi connectivity index (χ0n) is 18.6. The second kappa shape index (κ2) is 10.3.